The maximum Gasteiger partial charge on any atom is 0.341 e. The Bertz CT molecular complexity index is 965. The molecule has 0 aliphatic rings. The van der Waals surface area contributed by atoms with Crippen LogP contribution in [0.3, 0.4) is 0 Å². The number of nitrogens with zero attached hydrogens (tertiary/aromatic N) is 4. The van der Waals surface area contributed by atoms with Gasteiger partial charge in [-0.15, -0.1) is 16.4 Å². The fraction of sp³-hybridized carbons (Fsp3) is 0.278. The van der Waals surface area contributed by atoms with Gasteiger partial charge in [0.15, 0.2) is 5.82 Å². The number of amides is 1. The fourth-order valence-electron chi connectivity index (χ4n) is 2.57. The zero-order valence-electron chi connectivity index (χ0n) is 15.2. The number of nitrogens with one attached hydrogen (secondary N) is 1. The third kappa shape index (κ3) is 4.03. The summed E-state index contributed by atoms with van der Waals surface area (Å²) in [6.07, 6.45) is 0. The van der Waals surface area contributed by atoms with Crippen molar-refractivity contribution >= 4 is 28.2 Å². The van der Waals surface area contributed by atoms with E-state index in [9.17, 15) is 9.59 Å². The van der Waals surface area contributed by atoms with Gasteiger partial charge in [-0.1, -0.05) is 30.3 Å². The fourth-order valence-corrected chi connectivity index (χ4v) is 3.64. The Balaban J connectivity index is 1.79. The Hall–Kier alpha value is -3.07. The minimum absolute atomic E-state index is 0.0739. The average molecular weight is 385 g/mol. The largest absolute Gasteiger partial charge is 0.462 e. The second-order valence-electron chi connectivity index (χ2n) is 5.78. The first-order valence-corrected chi connectivity index (χ1v) is 9.21. The van der Waals surface area contributed by atoms with Crippen molar-refractivity contribution in [3.8, 4) is 11.4 Å². The molecule has 2 heterocycles. The van der Waals surface area contributed by atoms with Crippen LogP contribution < -0.4 is 5.32 Å². The number of rotatable bonds is 6. The van der Waals surface area contributed by atoms with Gasteiger partial charge in [0.05, 0.1) is 12.2 Å². The van der Waals surface area contributed by atoms with E-state index in [4.69, 9.17) is 4.74 Å². The molecule has 1 N–H and O–H groups in total. The van der Waals surface area contributed by atoms with Crippen LogP contribution in [0.4, 0.5) is 5.00 Å². The molecule has 0 radical (unpaired) electrons. The highest BCUT2D eigenvalue weighted by Gasteiger charge is 2.22. The summed E-state index contributed by atoms with van der Waals surface area (Å²) in [4.78, 5) is 25.7. The first-order valence-electron chi connectivity index (χ1n) is 8.39. The quantitative estimate of drug-likeness (QED) is 0.655. The third-order valence-corrected chi connectivity index (χ3v) is 5.10. The Morgan fingerprint density at radius 2 is 1.96 bits per heavy atom. The van der Waals surface area contributed by atoms with Gasteiger partial charge in [0.1, 0.15) is 11.5 Å². The Morgan fingerprint density at radius 1 is 1.22 bits per heavy atom. The summed E-state index contributed by atoms with van der Waals surface area (Å²) in [6.45, 7) is 5.67. The normalized spacial score (nSPS) is 10.6. The molecule has 0 fully saturated rings. The second kappa shape index (κ2) is 8.09. The van der Waals surface area contributed by atoms with Gasteiger partial charge in [0, 0.05) is 10.4 Å². The van der Waals surface area contributed by atoms with Crippen molar-refractivity contribution < 1.29 is 14.3 Å². The van der Waals surface area contributed by atoms with E-state index in [-0.39, 0.29) is 19.1 Å². The Labute approximate surface area is 160 Å². The number of benzene rings is 1. The summed E-state index contributed by atoms with van der Waals surface area (Å²) in [5, 5.41) is 14.8. The van der Waals surface area contributed by atoms with E-state index in [0.29, 0.717) is 16.4 Å². The summed E-state index contributed by atoms with van der Waals surface area (Å²) < 4.78 is 6.52. The van der Waals surface area contributed by atoms with Crippen LogP contribution in [0, 0.1) is 13.8 Å². The van der Waals surface area contributed by atoms with Crippen LogP contribution >= 0.6 is 11.3 Å². The summed E-state index contributed by atoms with van der Waals surface area (Å²) in [6, 6.07) is 9.37. The summed E-state index contributed by atoms with van der Waals surface area (Å²) in [5.74, 6) is -0.275. The molecule has 0 saturated heterocycles. The van der Waals surface area contributed by atoms with Gasteiger partial charge < -0.3 is 10.1 Å². The maximum atomic E-state index is 12.5. The minimum Gasteiger partial charge on any atom is -0.462 e. The van der Waals surface area contributed by atoms with Crippen molar-refractivity contribution in [1.82, 2.24) is 20.2 Å². The number of esters is 1. The molecule has 0 aliphatic heterocycles. The van der Waals surface area contributed by atoms with Gasteiger partial charge >= 0.3 is 5.97 Å². The zero-order valence-corrected chi connectivity index (χ0v) is 16.0. The van der Waals surface area contributed by atoms with Crippen LogP contribution in [0.25, 0.3) is 11.4 Å². The number of aromatic nitrogens is 4. The molecular weight excluding hydrogens is 366 g/mol. The van der Waals surface area contributed by atoms with Crippen molar-refractivity contribution in [2.45, 2.75) is 27.3 Å². The predicted molar refractivity (Wildman–Crippen MR) is 102 cm³/mol. The number of aryl methyl sites for hydroxylation is 1. The number of carbonyl (C=O) groups excluding carboxylic acids is 2. The summed E-state index contributed by atoms with van der Waals surface area (Å²) in [5.41, 5.74) is 2.01. The lowest BCUT2D eigenvalue weighted by Crippen LogP contribution is -2.21. The van der Waals surface area contributed by atoms with Gasteiger partial charge in [0.2, 0.25) is 5.91 Å². The Morgan fingerprint density at radius 3 is 2.67 bits per heavy atom. The number of hydrogen-bond donors (Lipinski definition) is 1. The van der Waals surface area contributed by atoms with E-state index >= 15 is 0 Å². The molecule has 1 amide bonds. The standard InChI is InChI=1S/C18H19N5O3S/c1-4-26-18(25)15-11(2)12(3)27-17(15)19-14(24)10-23-16(20-21-22-23)13-8-6-5-7-9-13/h5-9H,4,10H2,1-3H3,(H,19,24). The van der Waals surface area contributed by atoms with Crippen LogP contribution in [0.5, 0.6) is 0 Å². The van der Waals surface area contributed by atoms with Gasteiger partial charge in [0.25, 0.3) is 0 Å². The summed E-state index contributed by atoms with van der Waals surface area (Å²) in [7, 11) is 0. The molecule has 3 rings (SSSR count). The second-order valence-corrected chi connectivity index (χ2v) is 7.01. The van der Waals surface area contributed by atoms with Crippen molar-refractivity contribution in [2.24, 2.45) is 0 Å². The van der Waals surface area contributed by atoms with Crippen molar-refractivity contribution in [2.75, 3.05) is 11.9 Å². The molecule has 2 aromatic heterocycles. The van der Waals surface area contributed by atoms with Gasteiger partial charge in [-0.25, -0.2) is 9.48 Å². The highest BCUT2D eigenvalue weighted by atomic mass is 32.1. The van der Waals surface area contributed by atoms with Gasteiger partial charge in [-0.05, 0) is 36.8 Å². The molecule has 0 aliphatic carbocycles. The SMILES string of the molecule is CCOC(=O)c1c(NC(=O)Cn2nnnc2-c2ccccc2)sc(C)c1C. The highest BCUT2D eigenvalue weighted by Crippen LogP contribution is 2.33. The third-order valence-electron chi connectivity index (χ3n) is 3.98. The number of thiophene rings is 1. The van der Waals surface area contributed by atoms with E-state index in [1.807, 2.05) is 44.2 Å². The molecule has 8 nitrogen and oxygen atoms in total. The maximum absolute atomic E-state index is 12.5. The molecule has 0 spiro atoms. The molecule has 0 saturated carbocycles. The lowest BCUT2D eigenvalue weighted by Gasteiger charge is -2.08. The van der Waals surface area contributed by atoms with Crippen LogP contribution in [-0.2, 0) is 16.1 Å². The molecule has 0 unspecified atom stereocenters. The van der Waals surface area contributed by atoms with Gasteiger partial charge in [-0.3, -0.25) is 4.79 Å². The molecule has 3 aromatic rings. The van der Waals surface area contributed by atoms with E-state index in [1.165, 1.54) is 16.0 Å². The molecular formula is C18H19N5O3S. The average Bonchev–Trinajstić information content (AvgIpc) is 3.20. The number of anilines is 1. The predicted octanol–water partition coefficient (Wildman–Crippen LogP) is 2.83. The lowest BCUT2D eigenvalue weighted by molar-refractivity contribution is -0.116. The van der Waals surface area contributed by atoms with Crippen molar-refractivity contribution in [3.05, 3.63) is 46.3 Å². The smallest absolute Gasteiger partial charge is 0.341 e. The van der Waals surface area contributed by atoms with Crippen molar-refractivity contribution in [1.29, 1.82) is 0 Å². The number of carbonyl (C=O) groups is 2. The molecule has 0 bridgehead atoms. The molecule has 27 heavy (non-hydrogen) atoms. The molecule has 9 heteroatoms. The highest BCUT2D eigenvalue weighted by molar-refractivity contribution is 7.16. The van der Waals surface area contributed by atoms with E-state index in [2.05, 4.69) is 20.8 Å². The Kier molecular flexibility index (Phi) is 5.60. The minimum atomic E-state index is -0.443. The van der Waals surface area contributed by atoms with Crippen LogP contribution in [0.15, 0.2) is 30.3 Å². The van der Waals surface area contributed by atoms with E-state index in [1.54, 1.807) is 6.92 Å². The number of tetrazole rings is 1. The van der Waals surface area contributed by atoms with Crippen LogP contribution in [0.1, 0.15) is 27.7 Å². The zero-order chi connectivity index (χ0) is 19.4. The monoisotopic (exact) mass is 385 g/mol. The summed E-state index contributed by atoms with van der Waals surface area (Å²) >= 11 is 1.34. The molecule has 0 atom stereocenters. The lowest BCUT2D eigenvalue weighted by atomic mass is 10.1. The van der Waals surface area contributed by atoms with Gasteiger partial charge in [-0.2, -0.15) is 0 Å². The van der Waals surface area contributed by atoms with E-state index < -0.39 is 5.97 Å². The van der Waals surface area contributed by atoms with E-state index in [0.717, 1.165) is 16.0 Å². The van der Waals surface area contributed by atoms with Crippen molar-refractivity contribution in [3.63, 3.8) is 0 Å². The molecule has 140 valence electrons. The van der Waals surface area contributed by atoms with Crippen LogP contribution in [-0.4, -0.2) is 38.7 Å². The molecule has 1 aromatic carbocycles. The number of ether oxygens (including phenoxy) is 1. The first kappa shape index (κ1) is 18.7. The van der Waals surface area contributed by atoms with Crippen LogP contribution in [0.2, 0.25) is 0 Å². The number of hydrogen-bond acceptors (Lipinski definition) is 7. The first-order chi connectivity index (χ1) is 13.0. The topological polar surface area (TPSA) is 99.0 Å².